The molecule has 0 spiro atoms. The molecule has 1 fully saturated rings. The SMILES string of the molecule is CCC(=O)Nc1ccc(N2C(=S)N[C@H](c3ccccn3)[C@H]2c2cc(C)n(-c3cc(C)cc(C)c3)c2C)cc1C. The molecule has 1 aliphatic rings. The summed E-state index contributed by atoms with van der Waals surface area (Å²) in [5.41, 5.74) is 10.9. The van der Waals surface area contributed by atoms with Crippen molar-refractivity contribution in [3.63, 3.8) is 0 Å². The summed E-state index contributed by atoms with van der Waals surface area (Å²) >= 11 is 5.96. The van der Waals surface area contributed by atoms with Crippen molar-refractivity contribution in [1.29, 1.82) is 0 Å². The zero-order valence-corrected chi connectivity index (χ0v) is 24.2. The lowest BCUT2D eigenvalue weighted by Crippen LogP contribution is -2.29. The first-order valence-electron chi connectivity index (χ1n) is 13.4. The third kappa shape index (κ3) is 5.06. The monoisotopic (exact) mass is 537 g/mol. The van der Waals surface area contributed by atoms with E-state index in [4.69, 9.17) is 17.2 Å². The Morgan fingerprint density at radius 2 is 1.72 bits per heavy atom. The van der Waals surface area contributed by atoms with Gasteiger partial charge in [-0.1, -0.05) is 19.1 Å². The lowest BCUT2D eigenvalue weighted by atomic mass is 9.96. The summed E-state index contributed by atoms with van der Waals surface area (Å²) in [5.74, 6) is -0.00359. The Morgan fingerprint density at radius 3 is 2.36 bits per heavy atom. The van der Waals surface area contributed by atoms with Gasteiger partial charge in [-0.25, -0.2) is 0 Å². The molecular formula is C32H35N5OS. The number of nitrogens with zero attached hydrogens (tertiary/aromatic N) is 3. The summed E-state index contributed by atoms with van der Waals surface area (Å²) in [4.78, 5) is 18.9. The summed E-state index contributed by atoms with van der Waals surface area (Å²) in [6.45, 7) is 12.5. The average molecular weight is 538 g/mol. The van der Waals surface area contributed by atoms with Gasteiger partial charge in [0, 0.05) is 41.1 Å². The molecule has 200 valence electrons. The van der Waals surface area contributed by atoms with Gasteiger partial charge in [0.25, 0.3) is 0 Å². The lowest BCUT2D eigenvalue weighted by molar-refractivity contribution is -0.115. The number of nitrogens with one attached hydrogen (secondary N) is 2. The Bertz CT molecular complexity index is 1540. The van der Waals surface area contributed by atoms with Crippen LogP contribution in [0.3, 0.4) is 0 Å². The molecule has 0 unspecified atom stereocenters. The van der Waals surface area contributed by atoms with Gasteiger partial charge in [-0.3, -0.25) is 9.78 Å². The molecule has 1 aliphatic heterocycles. The van der Waals surface area contributed by atoms with Gasteiger partial charge < -0.3 is 20.1 Å². The van der Waals surface area contributed by atoms with Gasteiger partial charge in [-0.2, -0.15) is 0 Å². The number of thiocarbonyl (C=S) groups is 1. The summed E-state index contributed by atoms with van der Waals surface area (Å²) in [6.07, 6.45) is 2.26. The fourth-order valence-corrected chi connectivity index (χ4v) is 6.04. The van der Waals surface area contributed by atoms with Gasteiger partial charge in [0.1, 0.15) is 0 Å². The number of pyridine rings is 1. The van der Waals surface area contributed by atoms with Crippen LogP contribution in [0.2, 0.25) is 0 Å². The Hall–Kier alpha value is -3.97. The molecule has 7 heteroatoms. The molecule has 4 aromatic rings. The van der Waals surface area contributed by atoms with Crippen LogP contribution in [0.1, 0.15) is 64.8 Å². The van der Waals surface area contributed by atoms with Crippen LogP contribution in [-0.2, 0) is 4.79 Å². The second-order valence-corrected chi connectivity index (χ2v) is 10.8. The first kappa shape index (κ1) is 26.6. The van der Waals surface area contributed by atoms with E-state index in [0.29, 0.717) is 11.5 Å². The summed E-state index contributed by atoms with van der Waals surface area (Å²) in [5, 5.41) is 7.22. The van der Waals surface area contributed by atoms with Crippen molar-refractivity contribution in [1.82, 2.24) is 14.9 Å². The molecule has 0 bridgehead atoms. The molecule has 5 rings (SSSR count). The topological polar surface area (TPSA) is 62.2 Å². The van der Waals surface area contributed by atoms with Crippen molar-refractivity contribution >= 4 is 34.6 Å². The zero-order chi connectivity index (χ0) is 27.8. The Balaban J connectivity index is 1.64. The summed E-state index contributed by atoms with van der Waals surface area (Å²) in [6, 6.07) is 20.8. The normalized spacial score (nSPS) is 16.9. The average Bonchev–Trinajstić information content (AvgIpc) is 3.39. The predicted octanol–water partition coefficient (Wildman–Crippen LogP) is 6.94. The molecule has 0 radical (unpaired) electrons. The molecule has 1 saturated heterocycles. The highest BCUT2D eigenvalue weighted by molar-refractivity contribution is 7.80. The lowest BCUT2D eigenvalue weighted by Gasteiger charge is -2.29. The van der Waals surface area contributed by atoms with Gasteiger partial charge in [0.2, 0.25) is 5.91 Å². The van der Waals surface area contributed by atoms with E-state index in [1.165, 1.54) is 28.1 Å². The van der Waals surface area contributed by atoms with Crippen LogP contribution in [0.15, 0.2) is 66.9 Å². The van der Waals surface area contributed by atoms with Gasteiger partial charge in [0.05, 0.1) is 17.8 Å². The van der Waals surface area contributed by atoms with Crippen LogP contribution < -0.4 is 15.5 Å². The minimum atomic E-state index is -0.133. The maximum Gasteiger partial charge on any atom is 0.224 e. The van der Waals surface area contributed by atoms with Crippen LogP contribution in [-0.4, -0.2) is 20.6 Å². The number of anilines is 2. The molecule has 0 aliphatic carbocycles. The molecule has 3 heterocycles. The van der Waals surface area contributed by atoms with Gasteiger partial charge in [-0.05, 0) is 118 Å². The van der Waals surface area contributed by atoms with Gasteiger partial charge in [-0.15, -0.1) is 0 Å². The highest BCUT2D eigenvalue weighted by Crippen LogP contribution is 2.44. The number of aromatic nitrogens is 2. The van der Waals surface area contributed by atoms with Crippen LogP contribution in [0, 0.1) is 34.6 Å². The maximum absolute atomic E-state index is 12.0. The van der Waals surface area contributed by atoms with Crippen LogP contribution >= 0.6 is 12.2 Å². The third-order valence-electron chi connectivity index (χ3n) is 7.44. The first-order valence-corrected chi connectivity index (χ1v) is 13.8. The molecule has 2 N–H and O–H groups in total. The highest BCUT2D eigenvalue weighted by Gasteiger charge is 2.42. The second-order valence-electron chi connectivity index (χ2n) is 10.4. The van der Waals surface area contributed by atoms with Crippen LogP contribution in [0.4, 0.5) is 11.4 Å². The first-order chi connectivity index (χ1) is 18.7. The summed E-state index contributed by atoms with van der Waals surface area (Å²) < 4.78 is 2.33. The van der Waals surface area contributed by atoms with Crippen molar-refractivity contribution in [2.75, 3.05) is 10.2 Å². The molecule has 39 heavy (non-hydrogen) atoms. The minimum absolute atomic E-state index is 0.00359. The molecular weight excluding hydrogens is 502 g/mol. The smallest absolute Gasteiger partial charge is 0.224 e. The van der Waals surface area contributed by atoms with Gasteiger partial charge >= 0.3 is 0 Å². The van der Waals surface area contributed by atoms with Crippen LogP contribution in [0.5, 0.6) is 0 Å². The Kier molecular flexibility index (Phi) is 7.28. The number of hydrogen-bond acceptors (Lipinski definition) is 3. The van der Waals surface area contributed by atoms with Crippen molar-refractivity contribution < 1.29 is 4.79 Å². The number of carbonyl (C=O) groups excluding carboxylic acids is 1. The van der Waals surface area contributed by atoms with Crippen molar-refractivity contribution in [2.24, 2.45) is 0 Å². The molecule has 2 aromatic carbocycles. The molecule has 2 atom stereocenters. The third-order valence-corrected chi connectivity index (χ3v) is 7.75. The fraction of sp³-hybridized carbons (Fsp3) is 0.281. The number of carbonyl (C=O) groups is 1. The van der Waals surface area contributed by atoms with E-state index >= 15 is 0 Å². The molecule has 2 aromatic heterocycles. The van der Waals surface area contributed by atoms with E-state index in [0.717, 1.165) is 28.3 Å². The van der Waals surface area contributed by atoms with Gasteiger partial charge in [0.15, 0.2) is 5.11 Å². The van der Waals surface area contributed by atoms with E-state index in [2.05, 4.69) is 84.2 Å². The van der Waals surface area contributed by atoms with E-state index in [9.17, 15) is 4.79 Å². The number of amides is 1. The van der Waals surface area contributed by atoms with E-state index in [-0.39, 0.29) is 18.0 Å². The Morgan fingerprint density at radius 1 is 0.974 bits per heavy atom. The van der Waals surface area contributed by atoms with Crippen molar-refractivity contribution in [3.05, 3.63) is 106 Å². The summed E-state index contributed by atoms with van der Waals surface area (Å²) in [7, 11) is 0. The number of benzene rings is 2. The van der Waals surface area contributed by atoms with E-state index < -0.39 is 0 Å². The number of rotatable bonds is 6. The number of hydrogen-bond donors (Lipinski definition) is 2. The maximum atomic E-state index is 12.0. The fourth-order valence-electron chi connectivity index (χ4n) is 5.69. The quantitative estimate of drug-likeness (QED) is 0.261. The minimum Gasteiger partial charge on any atom is -0.351 e. The zero-order valence-electron chi connectivity index (χ0n) is 23.4. The van der Waals surface area contributed by atoms with E-state index in [1.54, 1.807) is 0 Å². The van der Waals surface area contributed by atoms with Crippen molar-refractivity contribution in [3.8, 4) is 5.69 Å². The van der Waals surface area contributed by atoms with Crippen molar-refractivity contribution in [2.45, 2.75) is 60.0 Å². The second kappa shape index (κ2) is 10.7. The predicted molar refractivity (Wildman–Crippen MR) is 163 cm³/mol. The largest absolute Gasteiger partial charge is 0.351 e. The Labute approximate surface area is 236 Å². The molecule has 6 nitrogen and oxygen atoms in total. The molecule has 1 amide bonds. The van der Waals surface area contributed by atoms with Crippen LogP contribution in [0.25, 0.3) is 5.69 Å². The standard InChI is InChI=1S/C32H35N5OS/c1-7-29(38)34-27-12-11-24(17-21(27)4)37-31(30(35-32(37)39)28-10-8-9-13-33-28)26-18-22(5)36(23(26)6)25-15-19(2)14-20(3)16-25/h8-18,30-31H,7H2,1-6H3,(H,34,38)(H,35,39)/t30-,31-/m1/s1. The molecule has 0 saturated carbocycles. The number of aryl methyl sites for hydroxylation is 4. The van der Waals surface area contributed by atoms with E-state index in [1.807, 2.05) is 44.3 Å². The highest BCUT2D eigenvalue weighted by atomic mass is 32.1.